The highest BCUT2D eigenvalue weighted by Gasteiger charge is 2.16. The van der Waals surface area contributed by atoms with Crippen molar-refractivity contribution in [3.8, 4) is 0 Å². The molecule has 106 valence electrons. The van der Waals surface area contributed by atoms with Gasteiger partial charge in [-0.15, -0.1) is 0 Å². The standard InChI is InChI=1S/C13H17ClO4S/c1-9(2)6-7-18-13(15)12-8-11(19(14,16)17)5-4-10(12)3/h4-5,8-9H,6-7H2,1-3H3. The average Bonchev–Trinajstić information content (AvgIpc) is 2.27. The second kappa shape index (κ2) is 6.39. The molecule has 0 saturated heterocycles. The summed E-state index contributed by atoms with van der Waals surface area (Å²) in [6, 6.07) is 4.15. The van der Waals surface area contributed by atoms with E-state index in [0.29, 0.717) is 18.1 Å². The minimum Gasteiger partial charge on any atom is -0.462 e. The predicted molar refractivity (Wildman–Crippen MR) is 74.0 cm³/mol. The molecule has 0 heterocycles. The van der Waals surface area contributed by atoms with Crippen LogP contribution in [0.15, 0.2) is 23.1 Å². The van der Waals surface area contributed by atoms with Crippen LogP contribution >= 0.6 is 10.7 Å². The molecule has 0 aliphatic heterocycles. The molecule has 0 saturated carbocycles. The number of carbonyl (C=O) groups is 1. The first kappa shape index (κ1) is 16.0. The Morgan fingerprint density at radius 1 is 1.37 bits per heavy atom. The number of carbonyl (C=O) groups excluding carboxylic acids is 1. The summed E-state index contributed by atoms with van der Waals surface area (Å²) in [6.45, 7) is 6.08. The summed E-state index contributed by atoms with van der Waals surface area (Å²) in [7, 11) is 1.41. The fraction of sp³-hybridized carbons (Fsp3) is 0.462. The molecule has 0 aliphatic rings. The predicted octanol–water partition coefficient (Wildman–Crippen LogP) is 3.13. The lowest BCUT2D eigenvalue weighted by molar-refractivity contribution is 0.0487. The van der Waals surface area contributed by atoms with Crippen LogP contribution in [0.2, 0.25) is 0 Å². The molecule has 0 spiro atoms. The van der Waals surface area contributed by atoms with Crippen molar-refractivity contribution in [1.29, 1.82) is 0 Å². The third kappa shape index (κ3) is 4.84. The van der Waals surface area contributed by atoms with E-state index in [4.69, 9.17) is 15.4 Å². The maximum Gasteiger partial charge on any atom is 0.338 e. The van der Waals surface area contributed by atoms with Gasteiger partial charge in [-0.1, -0.05) is 19.9 Å². The van der Waals surface area contributed by atoms with Gasteiger partial charge in [-0.05, 0) is 37.0 Å². The number of hydrogen-bond acceptors (Lipinski definition) is 4. The molecule has 19 heavy (non-hydrogen) atoms. The minimum atomic E-state index is -3.85. The molecule has 0 fully saturated rings. The quantitative estimate of drug-likeness (QED) is 0.619. The molecule has 6 heteroatoms. The van der Waals surface area contributed by atoms with E-state index in [1.807, 2.05) is 13.8 Å². The van der Waals surface area contributed by atoms with Crippen LogP contribution in [0.5, 0.6) is 0 Å². The van der Waals surface area contributed by atoms with Crippen LogP contribution < -0.4 is 0 Å². The number of aryl methyl sites for hydroxylation is 1. The summed E-state index contributed by atoms with van der Waals surface area (Å²) in [5.74, 6) is -0.0937. The Morgan fingerprint density at radius 2 is 2.00 bits per heavy atom. The number of esters is 1. The topological polar surface area (TPSA) is 60.4 Å². The van der Waals surface area contributed by atoms with Crippen LogP contribution in [0.25, 0.3) is 0 Å². The number of benzene rings is 1. The van der Waals surface area contributed by atoms with Crippen LogP contribution in [0.3, 0.4) is 0 Å². The van der Waals surface area contributed by atoms with Gasteiger partial charge in [0.2, 0.25) is 0 Å². The third-order valence-corrected chi connectivity index (χ3v) is 3.99. The van der Waals surface area contributed by atoms with E-state index in [-0.39, 0.29) is 10.5 Å². The van der Waals surface area contributed by atoms with Crippen molar-refractivity contribution in [2.45, 2.75) is 32.1 Å². The average molecular weight is 305 g/mol. The molecular weight excluding hydrogens is 288 g/mol. The van der Waals surface area contributed by atoms with Crippen LogP contribution in [-0.2, 0) is 13.8 Å². The zero-order chi connectivity index (χ0) is 14.6. The molecule has 0 bridgehead atoms. The number of hydrogen-bond donors (Lipinski definition) is 0. The molecule has 1 rings (SSSR count). The van der Waals surface area contributed by atoms with Crippen molar-refractivity contribution < 1.29 is 17.9 Å². The third-order valence-electron chi connectivity index (χ3n) is 2.64. The maximum atomic E-state index is 11.9. The lowest BCUT2D eigenvalue weighted by atomic mass is 10.1. The largest absolute Gasteiger partial charge is 0.462 e. The molecule has 0 aliphatic carbocycles. The van der Waals surface area contributed by atoms with Gasteiger partial charge in [-0.3, -0.25) is 0 Å². The van der Waals surface area contributed by atoms with E-state index in [2.05, 4.69) is 0 Å². The van der Waals surface area contributed by atoms with Crippen molar-refractivity contribution in [2.24, 2.45) is 5.92 Å². The Labute approximate surface area is 118 Å². The van der Waals surface area contributed by atoms with Gasteiger partial charge >= 0.3 is 5.97 Å². The Kier molecular flexibility index (Phi) is 5.38. The van der Waals surface area contributed by atoms with Crippen molar-refractivity contribution in [2.75, 3.05) is 6.61 Å². The van der Waals surface area contributed by atoms with Gasteiger partial charge in [0, 0.05) is 10.7 Å². The summed E-state index contributed by atoms with van der Waals surface area (Å²) in [4.78, 5) is 11.8. The molecule has 0 aromatic heterocycles. The molecular formula is C13H17ClO4S. The zero-order valence-electron chi connectivity index (χ0n) is 11.1. The van der Waals surface area contributed by atoms with E-state index in [1.165, 1.54) is 18.2 Å². The van der Waals surface area contributed by atoms with Gasteiger partial charge in [0.1, 0.15) is 0 Å². The van der Waals surface area contributed by atoms with E-state index >= 15 is 0 Å². The first-order valence-corrected chi connectivity index (χ1v) is 8.25. The van der Waals surface area contributed by atoms with Crippen LogP contribution in [-0.4, -0.2) is 21.0 Å². The lowest BCUT2D eigenvalue weighted by Gasteiger charge is -2.09. The van der Waals surface area contributed by atoms with Crippen molar-refractivity contribution in [3.05, 3.63) is 29.3 Å². The van der Waals surface area contributed by atoms with Gasteiger partial charge < -0.3 is 4.74 Å². The second-order valence-electron chi connectivity index (χ2n) is 4.73. The molecule has 1 aromatic carbocycles. The summed E-state index contributed by atoms with van der Waals surface area (Å²) < 4.78 is 27.6. The van der Waals surface area contributed by atoms with Crippen molar-refractivity contribution in [3.63, 3.8) is 0 Å². The molecule has 0 amide bonds. The molecule has 0 radical (unpaired) electrons. The van der Waals surface area contributed by atoms with Gasteiger partial charge in [0.05, 0.1) is 17.1 Å². The molecule has 4 nitrogen and oxygen atoms in total. The summed E-state index contributed by atoms with van der Waals surface area (Å²) in [5.41, 5.74) is 0.879. The Balaban J connectivity index is 2.90. The highest BCUT2D eigenvalue weighted by Crippen LogP contribution is 2.20. The van der Waals surface area contributed by atoms with Crippen molar-refractivity contribution >= 4 is 25.7 Å². The fourth-order valence-corrected chi connectivity index (χ4v) is 2.21. The first-order valence-electron chi connectivity index (χ1n) is 5.94. The molecule has 1 aromatic rings. The smallest absolute Gasteiger partial charge is 0.338 e. The fourth-order valence-electron chi connectivity index (χ4n) is 1.44. The van der Waals surface area contributed by atoms with Gasteiger partial charge in [-0.25, -0.2) is 13.2 Å². The Morgan fingerprint density at radius 3 is 2.53 bits per heavy atom. The highest BCUT2D eigenvalue weighted by molar-refractivity contribution is 8.13. The Bertz CT molecular complexity index is 564. The van der Waals surface area contributed by atoms with Crippen LogP contribution in [0.4, 0.5) is 0 Å². The number of ether oxygens (including phenoxy) is 1. The van der Waals surface area contributed by atoms with Crippen LogP contribution in [0, 0.1) is 12.8 Å². The summed E-state index contributed by atoms with van der Waals surface area (Å²) in [6.07, 6.45) is 0.762. The van der Waals surface area contributed by atoms with E-state index < -0.39 is 15.0 Å². The molecule has 0 atom stereocenters. The molecule has 0 N–H and O–H groups in total. The van der Waals surface area contributed by atoms with Crippen LogP contribution in [0.1, 0.15) is 36.2 Å². The summed E-state index contributed by atoms with van der Waals surface area (Å²) in [5, 5.41) is 0. The van der Waals surface area contributed by atoms with E-state index in [0.717, 1.165) is 6.42 Å². The van der Waals surface area contributed by atoms with Gasteiger partial charge in [0.15, 0.2) is 0 Å². The van der Waals surface area contributed by atoms with Gasteiger partial charge in [0.25, 0.3) is 9.05 Å². The minimum absolute atomic E-state index is 0.101. The van der Waals surface area contributed by atoms with E-state index in [1.54, 1.807) is 6.92 Å². The Hall–Kier alpha value is -1.07. The lowest BCUT2D eigenvalue weighted by Crippen LogP contribution is -2.10. The zero-order valence-corrected chi connectivity index (χ0v) is 12.7. The number of halogens is 1. The first-order chi connectivity index (χ1) is 8.71. The summed E-state index contributed by atoms with van der Waals surface area (Å²) >= 11 is 0. The monoisotopic (exact) mass is 304 g/mol. The maximum absolute atomic E-state index is 11.9. The van der Waals surface area contributed by atoms with Gasteiger partial charge in [-0.2, -0.15) is 0 Å². The normalized spacial score (nSPS) is 11.6. The van der Waals surface area contributed by atoms with Crippen molar-refractivity contribution in [1.82, 2.24) is 0 Å². The van der Waals surface area contributed by atoms with E-state index in [9.17, 15) is 13.2 Å². The SMILES string of the molecule is Cc1ccc(S(=O)(=O)Cl)cc1C(=O)OCCC(C)C. The molecule has 0 unspecified atom stereocenters. The number of rotatable bonds is 5. The second-order valence-corrected chi connectivity index (χ2v) is 7.30. The highest BCUT2D eigenvalue weighted by atomic mass is 35.7.